The van der Waals surface area contributed by atoms with Crippen molar-refractivity contribution in [2.75, 3.05) is 6.61 Å². The van der Waals surface area contributed by atoms with Crippen LogP contribution >= 0.6 is 0 Å². The fourth-order valence-corrected chi connectivity index (χ4v) is 3.51. The van der Waals surface area contributed by atoms with Gasteiger partial charge in [-0.1, -0.05) is 84.0 Å². The standard InChI is InChI=1S/C24H39NO2/c1-3-5-6-7-8-9-10-11-12-13-14-15-16-17-22-20-23(27-4-2)18-19-24(22)25-21-26/h18-20H,3-17H2,1-2H3. The van der Waals surface area contributed by atoms with Crippen LogP contribution in [0.4, 0.5) is 5.69 Å². The van der Waals surface area contributed by atoms with Gasteiger partial charge in [-0.05, 0) is 43.5 Å². The quantitative estimate of drug-likeness (QED) is 0.159. The van der Waals surface area contributed by atoms with Crippen molar-refractivity contribution in [1.29, 1.82) is 0 Å². The average molecular weight is 374 g/mol. The number of hydrogen-bond donors (Lipinski definition) is 0. The molecule has 0 fully saturated rings. The summed E-state index contributed by atoms with van der Waals surface area (Å²) in [5.74, 6) is 0.854. The highest BCUT2D eigenvalue weighted by Gasteiger charge is 2.04. The number of unbranched alkanes of at least 4 members (excludes halogenated alkanes) is 12. The van der Waals surface area contributed by atoms with E-state index >= 15 is 0 Å². The predicted molar refractivity (Wildman–Crippen MR) is 115 cm³/mol. The van der Waals surface area contributed by atoms with Gasteiger partial charge in [0.15, 0.2) is 0 Å². The number of rotatable bonds is 17. The molecule has 0 heterocycles. The van der Waals surface area contributed by atoms with Crippen LogP contribution in [-0.4, -0.2) is 12.7 Å². The highest BCUT2D eigenvalue weighted by molar-refractivity contribution is 5.55. The summed E-state index contributed by atoms with van der Waals surface area (Å²) in [5, 5.41) is 0. The number of hydrogen-bond acceptors (Lipinski definition) is 3. The molecule has 0 spiro atoms. The summed E-state index contributed by atoms with van der Waals surface area (Å²) in [6.45, 7) is 4.90. The highest BCUT2D eigenvalue weighted by Crippen LogP contribution is 2.26. The molecule has 27 heavy (non-hydrogen) atoms. The van der Waals surface area contributed by atoms with Gasteiger partial charge in [-0.3, -0.25) is 0 Å². The fraction of sp³-hybridized carbons (Fsp3) is 0.708. The SMILES string of the molecule is CCCCCCCCCCCCCCCc1cc(OCC)ccc1N=C=O. The van der Waals surface area contributed by atoms with E-state index in [2.05, 4.69) is 11.9 Å². The average Bonchev–Trinajstić information content (AvgIpc) is 2.67. The van der Waals surface area contributed by atoms with Crippen LogP contribution in [0.15, 0.2) is 23.2 Å². The Morgan fingerprint density at radius 2 is 1.37 bits per heavy atom. The van der Waals surface area contributed by atoms with Gasteiger partial charge in [0, 0.05) is 0 Å². The van der Waals surface area contributed by atoms with Crippen LogP contribution in [0.2, 0.25) is 0 Å². The number of aryl methyl sites for hydroxylation is 1. The maximum Gasteiger partial charge on any atom is 0.240 e. The summed E-state index contributed by atoms with van der Waals surface area (Å²) in [5.41, 5.74) is 1.82. The first-order valence-electron chi connectivity index (χ1n) is 11.1. The van der Waals surface area contributed by atoms with Crippen molar-refractivity contribution in [3.8, 4) is 5.75 Å². The molecular formula is C24H39NO2. The van der Waals surface area contributed by atoms with Crippen LogP contribution in [0, 0.1) is 0 Å². The van der Waals surface area contributed by atoms with E-state index in [0.29, 0.717) is 6.61 Å². The van der Waals surface area contributed by atoms with E-state index in [4.69, 9.17) is 4.74 Å². The van der Waals surface area contributed by atoms with Crippen molar-refractivity contribution in [3.63, 3.8) is 0 Å². The molecule has 152 valence electrons. The molecule has 0 saturated heterocycles. The minimum absolute atomic E-state index is 0.647. The van der Waals surface area contributed by atoms with Crippen LogP contribution in [0.1, 0.15) is 103 Å². The lowest BCUT2D eigenvalue weighted by atomic mass is 10.0. The van der Waals surface area contributed by atoms with Gasteiger partial charge in [-0.15, -0.1) is 0 Å². The predicted octanol–water partition coefficient (Wildman–Crippen LogP) is 7.69. The van der Waals surface area contributed by atoms with E-state index in [0.717, 1.165) is 29.8 Å². The fourth-order valence-electron chi connectivity index (χ4n) is 3.51. The van der Waals surface area contributed by atoms with E-state index < -0.39 is 0 Å². The second-order valence-electron chi connectivity index (χ2n) is 7.42. The van der Waals surface area contributed by atoms with Gasteiger partial charge < -0.3 is 4.74 Å². The molecule has 0 aliphatic rings. The molecule has 1 aromatic carbocycles. The van der Waals surface area contributed by atoms with Gasteiger partial charge in [-0.2, -0.15) is 4.99 Å². The van der Waals surface area contributed by atoms with Gasteiger partial charge >= 0.3 is 0 Å². The Labute approximate surface area is 166 Å². The Balaban J connectivity index is 2.10. The van der Waals surface area contributed by atoms with E-state index in [-0.39, 0.29) is 0 Å². The summed E-state index contributed by atoms with van der Waals surface area (Å²) >= 11 is 0. The Bertz CT molecular complexity index is 535. The van der Waals surface area contributed by atoms with Crippen LogP contribution in [0.3, 0.4) is 0 Å². The number of carbonyl (C=O) groups excluding carboxylic acids is 1. The zero-order valence-corrected chi connectivity index (χ0v) is 17.6. The second-order valence-corrected chi connectivity index (χ2v) is 7.42. The minimum Gasteiger partial charge on any atom is -0.494 e. The minimum atomic E-state index is 0.647. The van der Waals surface area contributed by atoms with Crippen molar-refractivity contribution >= 4 is 11.8 Å². The van der Waals surface area contributed by atoms with Gasteiger partial charge in [0.25, 0.3) is 0 Å². The molecule has 0 unspecified atom stereocenters. The number of benzene rings is 1. The summed E-state index contributed by atoms with van der Waals surface area (Å²) < 4.78 is 5.56. The highest BCUT2D eigenvalue weighted by atomic mass is 16.5. The first-order chi connectivity index (χ1) is 13.3. The molecule has 0 aliphatic heterocycles. The molecule has 0 atom stereocenters. The summed E-state index contributed by atoms with van der Waals surface area (Å²) in [7, 11) is 0. The van der Waals surface area contributed by atoms with Crippen molar-refractivity contribution in [1.82, 2.24) is 0 Å². The van der Waals surface area contributed by atoms with Crippen LogP contribution in [0.25, 0.3) is 0 Å². The lowest BCUT2D eigenvalue weighted by molar-refractivity contribution is 0.340. The molecule has 0 saturated carbocycles. The molecule has 3 nitrogen and oxygen atoms in total. The van der Waals surface area contributed by atoms with Crippen LogP contribution in [0.5, 0.6) is 5.75 Å². The van der Waals surface area contributed by atoms with E-state index in [1.54, 1.807) is 6.08 Å². The van der Waals surface area contributed by atoms with Gasteiger partial charge in [0.1, 0.15) is 5.75 Å². The lowest BCUT2D eigenvalue weighted by Crippen LogP contribution is -1.94. The number of aliphatic imine (C=N–C) groups is 1. The number of isocyanates is 1. The van der Waals surface area contributed by atoms with Gasteiger partial charge in [-0.25, -0.2) is 4.79 Å². The van der Waals surface area contributed by atoms with Crippen LogP contribution < -0.4 is 4.74 Å². The smallest absolute Gasteiger partial charge is 0.240 e. The summed E-state index contributed by atoms with van der Waals surface area (Å²) in [4.78, 5) is 14.4. The molecule has 0 bridgehead atoms. The zero-order chi connectivity index (χ0) is 19.6. The molecule has 1 rings (SSSR count). The lowest BCUT2D eigenvalue weighted by Gasteiger charge is -2.09. The Morgan fingerprint density at radius 1 is 0.815 bits per heavy atom. The van der Waals surface area contributed by atoms with E-state index in [1.165, 1.54) is 77.0 Å². The number of nitrogens with zero attached hydrogens (tertiary/aromatic N) is 1. The molecule has 0 radical (unpaired) electrons. The van der Waals surface area contributed by atoms with Crippen LogP contribution in [-0.2, 0) is 11.2 Å². The molecule has 0 amide bonds. The normalized spacial score (nSPS) is 10.6. The number of ether oxygens (including phenoxy) is 1. The Morgan fingerprint density at radius 3 is 1.89 bits per heavy atom. The van der Waals surface area contributed by atoms with Crippen molar-refractivity contribution in [2.45, 2.75) is 104 Å². The largest absolute Gasteiger partial charge is 0.494 e. The molecule has 0 aliphatic carbocycles. The molecular weight excluding hydrogens is 334 g/mol. The third kappa shape index (κ3) is 11.7. The maximum absolute atomic E-state index is 10.6. The second kappa shape index (κ2) is 16.6. The topological polar surface area (TPSA) is 38.7 Å². The first kappa shape index (κ1) is 23.4. The summed E-state index contributed by atoms with van der Waals surface area (Å²) in [6.07, 6.45) is 20.2. The molecule has 0 aromatic heterocycles. The Kier molecular flexibility index (Phi) is 14.4. The third-order valence-electron chi connectivity index (χ3n) is 5.08. The zero-order valence-electron chi connectivity index (χ0n) is 17.6. The molecule has 3 heteroatoms. The van der Waals surface area contributed by atoms with E-state index in [9.17, 15) is 4.79 Å². The van der Waals surface area contributed by atoms with Gasteiger partial charge in [0.2, 0.25) is 6.08 Å². The molecule has 1 aromatic rings. The third-order valence-corrected chi connectivity index (χ3v) is 5.08. The summed E-state index contributed by atoms with van der Waals surface area (Å²) in [6, 6.07) is 5.74. The van der Waals surface area contributed by atoms with E-state index in [1.807, 2.05) is 25.1 Å². The Hall–Kier alpha value is -1.60. The monoisotopic (exact) mass is 373 g/mol. The molecule has 0 N–H and O–H groups in total. The van der Waals surface area contributed by atoms with Gasteiger partial charge in [0.05, 0.1) is 12.3 Å². The maximum atomic E-state index is 10.6. The van der Waals surface area contributed by atoms with Crippen molar-refractivity contribution < 1.29 is 9.53 Å². The van der Waals surface area contributed by atoms with Crippen molar-refractivity contribution in [3.05, 3.63) is 23.8 Å². The first-order valence-corrected chi connectivity index (χ1v) is 11.1. The van der Waals surface area contributed by atoms with Crippen molar-refractivity contribution in [2.24, 2.45) is 4.99 Å².